The number of rotatable bonds is 4. The third-order valence-corrected chi connectivity index (χ3v) is 3.87. The summed E-state index contributed by atoms with van der Waals surface area (Å²) in [6, 6.07) is 4.76. The fraction of sp³-hybridized carbons (Fsp3) is 0.0909. The van der Waals surface area contributed by atoms with Crippen molar-refractivity contribution in [2.45, 2.75) is 11.8 Å². The number of pyridine rings is 2. The van der Waals surface area contributed by atoms with E-state index in [9.17, 15) is 8.42 Å². The molecule has 0 radical (unpaired) electrons. The van der Waals surface area contributed by atoms with Crippen molar-refractivity contribution in [2.75, 3.05) is 10.1 Å². The SMILES string of the molecule is Cc1ncccc1NS(=O)(=O)c1cnccc1NN. The van der Waals surface area contributed by atoms with Crippen LogP contribution in [0.25, 0.3) is 0 Å². The molecule has 4 N–H and O–H groups in total. The molecule has 0 atom stereocenters. The number of nitrogens with two attached hydrogens (primary N) is 1. The second-order valence-electron chi connectivity index (χ2n) is 3.76. The maximum atomic E-state index is 12.3. The Balaban J connectivity index is 2.41. The normalized spacial score (nSPS) is 11.1. The highest BCUT2D eigenvalue weighted by molar-refractivity contribution is 7.92. The van der Waals surface area contributed by atoms with Crippen LogP contribution in [0, 0.1) is 6.92 Å². The summed E-state index contributed by atoms with van der Waals surface area (Å²) in [4.78, 5) is 7.78. The van der Waals surface area contributed by atoms with E-state index in [0.29, 0.717) is 11.4 Å². The minimum atomic E-state index is -3.77. The largest absolute Gasteiger partial charge is 0.323 e. The molecule has 0 fully saturated rings. The van der Waals surface area contributed by atoms with Crippen molar-refractivity contribution in [1.82, 2.24) is 9.97 Å². The second-order valence-corrected chi connectivity index (χ2v) is 5.41. The summed E-state index contributed by atoms with van der Waals surface area (Å²) in [7, 11) is -3.77. The average molecular weight is 279 g/mol. The first-order valence-corrected chi connectivity index (χ1v) is 6.88. The first-order valence-electron chi connectivity index (χ1n) is 5.39. The van der Waals surface area contributed by atoms with Gasteiger partial charge < -0.3 is 5.43 Å². The summed E-state index contributed by atoms with van der Waals surface area (Å²) in [5.41, 5.74) is 3.59. The van der Waals surface area contributed by atoms with Crippen LogP contribution in [-0.2, 0) is 10.0 Å². The molecule has 2 aromatic heterocycles. The summed E-state index contributed by atoms with van der Waals surface area (Å²) < 4.78 is 27.0. The highest BCUT2D eigenvalue weighted by Crippen LogP contribution is 2.22. The van der Waals surface area contributed by atoms with Crippen LogP contribution in [-0.4, -0.2) is 18.4 Å². The molecule has 8 heteroatoms. The van der Waals surface area contributed by atoms with Crippen molar-refractivity contribution in [3.63, 3.8) is 0 Å². The van der Waals surface area contributed by atoms with Gasteiger partial charge in [-0.2, -0.15) is 0 Å². The fourth-order valence-electron chi connectivity index (χ4n) is 1.51. The minimum Gasteiger partial charge on any atom is -0.323 e. The maximum Gasteiger partial charge on any atom is 0.265 e. The molecule has 0 bridgehead atoms. The Morgan fingerprint density at radius 2 is 2.00 bits per heavy atom. The highest BCUT2D eigenvalue weighted by atomic mass is 32.2. The molecule has 0 aliphatic heterocycles. The van der Waals surface area contributed by atoms with Crippen LogP contribution in [0.2, 0.25) is 0 Å². The van der Waals surface area contributed by atoms with E-state index in [1.165, 1.54) is 18.5 Å². The van der Waals surface area contributed by atoms with Gasteiger partial charge in [-0.3, -0.25) is 20.5 Å². The van der Waals surface area contributed by atoms with Gasteiger partial charge in [0.15, 0.2) is 0 Å². The molecular weight excluding hydrogens is 266 g/mol. The van der Waals surface area contributed by atoms with Gasteiger partial charge >= 0.3 is 0 Å². The number of hydrazine groups is 1. The van der Waals surface area contributed by atoms with Gasteiger partial charge in [0, 0.05) is 18.6 Å². The molecule has 2 heterocycles. The van der Waals surface area contributed by atoms with Crippen LogP contribution >= 0.6 is 0 Å². The first-order chi connectivity index (χ1) is 9.04. The summed E-state index contributed by atoms with van der Waals surface area (Å²) in [5, 5.41) is 0. The molecule has 100 valence electrons. The fourth-order valence-corrected chi connectivity index (χ4v) is 2.74. The van der Waals surface area contributed by atoms with Crippen LogP contribution in [0.4, 0.5) is 11.4 Å². The second kappa shape index (κ2) is 5.21. The Morgan fingerprint density at radius 3 is 2.68 bits per heavy atom. The Bertz CT molecular complexity index is 687. The summed E-state index contributed by atoms with van der Waals surface area (Å²) in [5.74, 6) is 5.29. The number of hydrogen-bond donors (Lipinski definition) is 3. The monoisotopic (exact) mass is 279 g/mol. The Labute approximate surface area is 110 Å². The van der Waals surface area contributed by atoms with E-state index in [1.807, 2.05) is 0 Å². The Morgan fingerprint density at radius 1 is 1.21 bits per heavy atom. The van der Waals surface area contributed by atoms with E-state index in [0.717, 1.165) is 0 Å². The van der Waals surface area contributed by atoms with Gasteiger partial charge in [0.2, 0.25) is 0 Å². The zero-order valence-corrected chi connectivity index (χ0v) is 11.0. The van der Waals surface area contributed by atoms with E-state index in [2.05, 4.69) is 20.1 Å². The lowest BCUT2D eigenvalue weighted by Gasteiger charge is -2.12. The lowest BCUT2D eigenvalue weighted by Crippen LogP contribution is -2.18. The minimum absolute atomic E-state index is 0.0271. The molecule has 0 spiro atoms. The third-order valence-electron chi connectivity index (χ3n) is 2.48. The molecule has 7 nitrogen and oxygen atoms in total. The molecule has 0 aromatic carbocycles. The topological polar surface area (TPSA) is 110 Å². The van der Waals surface area contributed by atoms with E-state index >= 15 is 0 Å². The maximum absolute atomic E-state index is 12.3. The van der Waals surface area contributed by atoms with Crippen LogP contribution in [0.3, 0.4) is 0 Å². The summed E-state index contributed by atoms with van der Waals surface area (Å²) >= 11 is 0. The van der Waals surface area contributed by atoms with E-state index in [4.69, 9.17) is 5.84 Å². The van der Waals surface area contributed by atoms with Crippen molar-refractivity contribution < 1.29 is 8.42 Å². The van der Waals surface area contributed by atoms with Gasteiger partial charge in [0.05, 0.1) is 17.1 Å². The Kier molecular flexibility index (Phi) is 3.63. The molecule has 2 aromatic rings. The van der Waals surface area contributed by atoms with Gasteiger partial charge in [0.1, 0.15) is 4.90 Å². The van der Waals surface area contributed by atoms with E-state index in [1.54, 1.807) is 25.3 Å². The molecular formula is C11H13N5O2S. The molecule has 0 saturated heterocycles. The smallest absolute Gasteiger partial charge is 0.265 e. The number of nitrogen functional groups attached to an aromatic ring is 1. The zero-order chi connectivity index (χ0) is 13.9. The molecule has 2 rings (SSSR count). The molecule has 0 unspecified atom stereocenters. The number of nitrogens with zero attached hydrogens (tertiary/aromatic N) is 2. The molecule has 0 aliphatic rings. The van der Waals surface area contributed by atoms with Crippen molar-refractivity contribution in [3.05, 3.63) is 42.5 Å². The van der Waals surface area contributed by atoms with Gasteiger partial charge in [-0.25, -0.2) is 8.42 Å². The summed E-state index contributed by atoms with van der Waals surface area (Å²) in [6.07, 6.45) is 4.26. The van der Waals surface area contributed by atoms with Crippen LogP contribution in [0.5, 0.6) is 0 Å². The van der Waals surface area contributed by atoms with Crippen LogP contribution < -0.4 is 16.0 Å². The van der Waals surface area contributed by atoms with Gasteiger partial charge in [0.25, 0.3) is 10.0 Å². The lowest BCUT2D eigenvalue weighted by atomic mass is 10.3. The molecule has 0 amide bonds. The summed E-state index contributed by atoms with van der Waals surface area (Å²) in [6.45, 7) is 1.71. The average Bonchev–Trinajstić information content (AvgIpc) is 2.41. The van der Waals surface area contributed by atoms with Crippen LogP contribution in [0.1, 0.15) is 5.69 Å². The van der Waals surface area contributed by atoms with Crippen molar-refractivity contribution >= 4 is 21.4 Å². The van der Waals surface area contributed by atoms with Gasteiger partial charge in [-0.1, -0.05) is 0 Å². The predicted molar refractivity (Wildman–Crippen MR) is 71.8 cm³/mol. The number of aromatic nitrogens is 2. The lowest BCUT2D eigenvalue weighted by molar-refractivity contribution is 0.601. The Hall–Kier alpha value is -2.19. The molecule has 0 aliphatic carbocycles. The highest BCUT2D eigenvalue weighted by Gasteiger charge is 2.19. The third kappa shape index (κ3) is 2.80. The standard InChI is InChI=1S/C11H13N5O2S/c1-8-9(3-2-5-14-8)16-19(17,18)11-7-13-6-4-10(11)15-12/h2-7,16H,12H2,1H3,(H,13,15). The number of aryl methyl sites for hydroxylation is 1. The number of nitrogens with one attached hydrogen (secondary N) is 2. The van der Waals surface area contributed by atoms with E-state index < -0.39 is 10.0 Å². The first kappa shape index (κ1) is 13.2. The van der Waals surface area contributed by atoms with Crippen molar-refractivity contribution in [3.8, 4) is 0 Å². The predicted octanol–water partition coefficient (Wildman–Crippen LogP) is 0.871. The van der Waals surface area contributed by atoms with Gasteiger partial charge in [-0.15, -0.1) is 0 Å². The van der Waals surface area contributed by atoms with E-state index in [-0.39, 0.29) is 10.6 Å². The number of anilines is 2. The molecule has 0 saturated carbocycles. The van der Waals surface area contributed by atoms with Crippen LogP contribution in [0.15, 0.2) is 41.7 Å². The quantitative estimate of drug-likeness (QED) is 0.566. The number of hydrogen-bond acceptors (Lipinski definition) is 6. The molecule has 19 heavy (non-hydrogen) atoms. The van der Waals surface area contributed by atoms with Gasteiger partial charge in [-0.05, 0) is 25.1 Å². The number of sulfonamides is 1. The van der Waals surface area contributed by atoms with Crippen molar-refractivity contribution in [1.29, 1.82) is 0 Å². The zero-order valence-electron chi connectivity index (χ0n) is 10.2. The van der Waals surface area contributed by atoms with Crippen molar-refractivity contribution in [2.24, 2.45) is 5.84 Å².